The molecule has 0 aromatic rings. The first-order chi connectivity index (χ1) is 14.3. The number of ether oxygens (including phenoxy) is 3. The quantitative estimate of drug-likeness (QED) is 0.442. The smallest absolute Gasteiger partial charge is 0.311 e. The van der Waals surface area contributed by atoms with Crippen molar-refractivity contribution in [2.24, 2.45) is 46.8 Å². The van der Waals surface area contributed by atoms with Crippen molar-refractivity contribution in [2.75, 3.05) is 6.79 Å². The molecule has 0 saturated heterocycles. The highest BCUT2D eigenvalue weighted by Gasteiger charge is 2.52. The van der Waals surface area contributed by atoms with Crippen LogP contribution in [-0.4, -0.2) is 30.9 Å². The van der Waals surface area contributed by atoms with Gasteiger partial charge in [-0.1, -0.05) is 6.92 Å². The molecule has 6 bridgehead atoms. The number of hydrogen-bond donors (Lipinski definition) is 0. The van der Waals surface area contributed by atoms with E-state index in [-0.39, 0.29) is 42.8 Å². The lowest BCUT2D eigenvalue weighted by Crippen LogP contribution is -2.49. The van der Waals surface area contributed by atoms with E-state index in [1.807, 2.05) is 20.8 Å². The third kappa shape index (κ3) is 3.69. The molecule has 6 aliphatic rings. The van der Waals surface area contributed by atoms with E-state index in [9.17, 15) is 9.59 Å². The minimum Gasteiger partial charge on any atom is -0.462 e. The normalized spacial score (nSPS) is 43.8. The summed E-state index contributed by atoms with van der Waals surface area (Å²) >= 11 is 0. The molecule has 6 fully saturated rings. The zero-order valence-electron chi connectivity index (χ0n) is 18.8. The van der Waals surface area contributed by atoms with Gasteiger partial charge in [-0.25, -0.2) is 0 Å². The first kappa shape index (κ1) is 20.8. The van der Waals surface area contributed by atoms with E-state index < -0.39 is 5.41 Å². The first-order valence-electron chi connectivity index (χ1n) is 12.3. The van der Waals surface area contributed by atoms with Gasteiger partial charge in [0, 0.05) is 5.92 Å². The van der Waals surface area contributed by atoms with Crippen molar-refractivity contribution in [3.63, 3.8) is 0 Å². The van der Waals surface area contributed by atoms with Crippen LogP contribution in [0.1, 0.15) is 78.6 Å². The highest BCUT2D eigenvalue weighted by atomic mass is 16.7. The average molecular weight is 419 g/mol. The largest absolute Gasteiger partial charge is 0.462 e. The molecule has 6 rings (SSSR count). The van der Waals surface area contributed by atoms with Crippen LogP contribution in [0.25, 0.3) is 0 Å². The molecule has 0 aromatic carbocycles. The minimum atomic E-state index is -0.468. The number of carbonyl (C=O) groups is 2. The maximum atomic E-state index is 12.8. The summed E-state index contributed by atoms with van der Waals surface area (Å²) in [5.74, 6) is 3.33. The summed E-state index contributed by atoms with van der Waals surface area (Å²) in [5, 5.41) is 0. The van der Waals surface area contributed by atoms with Gasteiger partial charge in [0.25, 0.3) is 0 Å². The first-order valence-corrected chi connectivity index (χ1v) is 12.3. The van der Waals surface area contributed by atoms with Crippen LogP contribution in [0.2, 0.25) is 0 Å². The molecule has 0 radical (unpaired) electrons. The Morgan fingerprint density at radius 1 is 0.867 bits per heavy atom. The van der Waals surface area contributed by atoms with Gasteiger partial charge in [0.05, 0.1) is 17.4 Å². The van der Waals surface area contributed by atoms with Crippen molar-refractivity contribution in [2.45, 2.75) is 90.8 Å². The Labute approximate surface area is 180 Å². The molecule has 0 heterocycles. The fourth-order valence-corrected chi connectivity index (χ4v) is 7.56. The minimum absolute atomic E-state index is 0.0903. The number of rotatable bonds is 7. The van der Waals surface area contributed by atoms with Crippen LogP contribution in [0, 0.1) is 46.8 Å². The lowest BCUT2D eigenvalue weighted by atomic mass is 9.55. The molecule has 4 atom stereocenters. The van der Waals surface area contributed by atoms with Crippen molar-refractivity contribution in [1.82, 2.24) is 0 Å². The second-order valence-electron chi connectivity index (χ2n) is 11.7. The van der Waals surface area contributed by atoms with Crippen molar-refractivity contribution in [3.05, 3.63) is 0 Å². The Morgan fingerprint density at radius 3 is 2.10 bits per heavy atom. The van der Waals surface area contributed by atoms with E-state index in [1.54, 1.807) is 0 Å². The molecule has 30 heavy (non-hydrogen) atoms. The molecule has 4 unspecified atom stereocenters. The third-order valence-electron chi connectivity index (χ3n) is 9.35. The zero-order valence-corrected chi connectivity index (χ0v) is 18.8. The lowest BCUT2D eigenvalue weighted by molar-refractivity contribution is -0.192. The summed E-state index contributed by atoms with van der Waals surface area (Å²) in [6.07, 6.45) is 10.3. The lowest BCUT2D eigenvalue weighted by Gasteiger charge is -2.53. The molecule has 168 valence electrons. The Morgan fingerprint density at radius 2 is 1.50 bits per heavy atom. The molecule has 0 aliphatic heterocycles. The van der Waals surface area contributed by atoms with Gasteiger partial charge >= 0.3 is 11.9 Å². The van der Waals surface area contributed by atoms with Crippen LogP contribution < -0.4 is 0 Å². The van der Waals surface area contributed by atoms with Crippen LogP contribution >= 0.6 is 0 Å². The molecule has 5 heteroatoms. The summed E-state index contributed by atoms with van der Waals surface area (Å²) in [6.45, 7) is 5.95. The van der Waals surface area contributed by atoms with E-state index in [1.165, 1.54) is 32.1 Å². The van der Waals surface area contributed by atoms with Crippen molar-refractivity contribution < 1.29 is 23.8 Å². The molecule has 5 nitrogen and oxygen atoms in total. The summed E-state index contributed by atoms with van der Waals surface area (Å²) < 4.78 is 17.6. The predicted octanol–water partition coefficient (Wildman–Crippen LogP) is 4.72. The molecule has 0 aromatic heterocycles. The number of hydrogen-bond acceptors (Lipinski definition) is 5. The molecule has 0 spiro atoms. The number of carbonyl (C=O) groups excluding carboxylic acids is 2. The molecule has 6 aliphatic carbocycles. The van der Waals surface area contributed by atoms with Crippen molar-refractivity contribution >= 4 is 11.9 Å². The van der Waals surface area contributed by atoms with Crippen LogP contribution in [0.5, 0.6) is 0 Å². The van der Waals surface area contributed by atoms with Gasteiger partial charge in [0.1, 0.15) is 6.10 Å². The second-order valence-corrected chi connectivity index (χ2v) is 11.7. The van der Waals surface area contributed by atoms with Crippen LogP contribution in [-0.2, 0) is 23.8 Å². The third-order valence-corrected chi connectivity index (χ3v) is 9.35. The monoisotopic (exact) mass is 418 g/mol. The van der Waals surface area contributed by atoms with Gasteiger partial charge in [0.15, 0.2) is 6.79 Å². The molecule has 0 N–H and O–H groups in total. The molecular formula is C25H38O5. The highest BCUT2D eigenvalue weighted by molar-refractivity contribution is 5.76. The molecular weight excluding hydrogens is 380 g/mol. The molecule has 6 saturated carbocycles. The highest BCUT2D eigenvalue weighted by Crippen LogP contribution is 2.55. The van der Waals surface area contributed by atoms with E-state index in [2.05, 4.69) is 0 Å². The number of fused-ring (bicyclic) bond motifs is 2. The Kier molecular flexibility index (Phi) is 5.40. The zero-order chi connectivity index (χ0) is 21.0. The van der Waals surface area contributed by atoms with E-state index in [0.29, 0.717) is 17.8 Å². The van der Waals surface area contributed by atoms with Crippen molar-refractivity contribution in [1.29, 1.82) is 0 Å². The standard InChI is InChI=1S/C25H38O5/c1-4-25(2,3)24(27)30-21-12-16-10-19(21)20(11-16)23(26)29-13-28-22-17-6-14-5-15(8-17)9-18(22)7-14/h14-22H,4-13H2,1-3H3. The van der Waals surface area contributed by atoms with Gasteiger partial charge < -0.3 is 14.2 Å². The van der Waals surface area contributed by atoms with Gasteiger partial charge in [-0.05, 0) is 101 Å². The number of esters is 2. The van der Waals surface area contributed by atoms with E-state index in [0.717, 1.165) is 37.5 Å². The summed E-state index contributed by atoms with van der Waals surface area (Å²) in [4.78, 5) is 25.3. The maximum absolute atomic E-state index is 12.8. The Bertz CT molecular complexity index is 657. The topological polar surface area (TPSA) is 61.8 Å². The van der Waals surface area contributed by atoms with E-state index >= 15 is 0 Å². The predicted molar refractivity (Wildman–Crippen MR) is 111 cm³/mol. The summed E-state index contributed by atoms with van der Waals surface area (Å²) in [5.41, 5.74) is -0.468. The Hall–Kier alpha value is -1.10. The average Bonchev–Trinajstić information content (AvgIpc) is 3.30. The summed E-state index contributed by atoms with van der Waals surface area (Å²) in [6, 6.07) is 0. The van der Waals surface area contributed by atoms with Gasteiger partial charge in [0.2, 0.25) is 0 Å². The van der Waals surface area contributed by atoms with Gasteiger partial charge in [-0.2, -0.15) is 0 Å². The Balaban J connectivity index is 1.11. The van der Waals surface area contributed by atoms with E-state index in [4.69, 9.17) is 14.2 Å². The van der Waals surface area contributed by atoms with Crippen LogP contribution in [0.3, 0.4) is 0 Å². The van der Waals surface area contributed by atoms with Crippen molar-refractivity contribution in [3.8, 4) is 0 Å². The second kappa shape index (κ2) is 7.79. The maximum Gasteiger partial charge on any atom is 0.311 e. The summed E-state index contributed by atoms with van der Waals surface area (Å²) in [7, 11) is 0. The fraction of sp³-hybridized carbons (Fsp3) is 0.920. The van der Waals surface area contributed by atoms with Crippen LogP contribution in [0.4, 0.5) is 0 Å². The van der Waals surface area contributed by atoms with Gasteiger partial charge in [-0.15, -0.1) is 0 Å². The SMILES string of the molecule is CCC(C)(C)C(=O)OC1CC2CC(C(=O)OCOC3C4CC5CC(C4)CC3C5)C1C2. The van der Waals surface area contributed by atoms with Crippen LogP contribution in [0.15, 0.2) is 0 Å². The van der Waals surface area contributed by atoms with Gasteiger partial charge in [-0.3, -0.25) is 9.59 Å². The fourth-order valence-electron chi connectivity index (χ4n) is 7.56. The molecule has 0 amide bonds.